The number of carbonyl (C=O) groups is 1. The Morgan fingerprint density at radius 2 is 1.96 bits per heavy atom. The lowest BCUT2D eigenvalue weighted by Gasteiger charge is -2.28. The number of carboxylic acid groups (broad SMARTS) is 1. The summed E-state index contributed by atoms with van der Waals surface area (Å²) in [6.07, 6.45) is 2.17. The van der Waals surface area contributed by atoms with E-state index in [1.807, 2.05) is 42.3 Å². The highest BCUT2D eigenvalue weighted by molar-refractivity contribution is 6.08. The highest BCUT2D eigenvalue weighted by Gasteiger charge is 2.33. The van der Waals surface area contributed by atoms with E-state index in [1.165, 1.54) is 0 Å². The number of nitrogens with two attached hydrogens (primary N) is 1. The fraction of sp³-hybridized carbons (Fsp3) is 0.588. The Bertz CT molecular complexity index is 472. The van der Waals surface area contributed by atoms with Crippen LogP contribution in [0, 0.1) is 0 Å². The number of carboxylic acids is 1. The largest absolute Gasteiger partial charge is 0.480 e. The van der Waals surface area contributed by atoms with Gasteiger partial charge in [0.05, 0.1) is 14.0 Å². The third-order valence-corrected chi connectivity index (χ3v) is 4.11. The topological polar surface area (TPSA) is 86.8 Å². The van der Waals surface area contributed by atoms with Crippen molar-refractivity contribution in [2.75, 3.05) is 20.1 Å². The lowest BCUT2D eigenvalue weighted by molar-refractivity contribution is -0.144. The first-order valence-electron chi connectivity index (χ1n) is 8.03. The van der Waals surface area contributed by atoms with Gasteiger partial charge in [-0.05, 0) is 25.5 Å². The van der Waals surface area contributed by atoms with E-state index in [2.05, 4.69) is 0 Å². The summed E-state index contributed by atoms with van der Waals surface area (Å²) in [6, 6.07) is 9.40. The van der Waals surface area contributed by atoms with Crippen molar-refractivity contribution in [3.8, 4) is 0 Å². The molecule has 2 unspecified atom stereocenters. The number of aliphatic hydroxyl groups excluding tert-OH is 1. The minimum atomic E-state index is -1.23. The predicted molar refractivity (Wildman–Crippen MR) is 92.5 cm³/mol. The number of unbranched alkanes of at least 4 members (excludes halogenated alkanes) is 1. The highest BCUT2D eigenvalue weighted by atomic mass is 16.4. The van der Waals surface area contributed by atoms with E-state index in [0.29, 0.717) is 38.7 Å². The quantitative estimate of drug-likeness (QED) is 0.426. The number of hydrogen-bond donors (Lipinski definition) is 3. The zero-order chi connectivity index (χ0) is 17.3. The monoisotopic (exact) mass is 318 g/mol. The van der Waals surface area contributed by atoms with Crippen molar-refractivity contribution in [2.45, 2.75) is 43.6 Å². The Morgan fingerprint density at radius 1 is 1.30 bits per heavy atom. The molecule has 0 amide bonds. The first-order chi connectivity index (χ1) is 10.9. The standard InChI is InChI=1S/C17H27BN2O3/c1-20(13-15(21)14-7-3-2-4-8-14)12-10-17(19,16(22)23)9-5-6-11-18/h2-4,7-8,15,21H,5-6,9-13,19H2,1H3,(H,22,23). The molecular formula is C17H27BN2O3. The van der Waals surface area contributed by atoms with Crippen molar-refractivity contribution < 1.29 is 15.0 Å². The molecule has 6 heteroatoms. The van der Waals surface area contributed by atoms with Gasteiger partial charge in [-0.25, -0.2) is 0 Å². The second-order valence-electron chi connectivity index (χ2n) is 6.15. The Labute approximate surface area is 139 Å². The van der Waals surface area contributed by atoms with Crippen LogP contribution in [-0.4, -0.2) is 54.6 Å². The van der Waals surface area contributed by atoms with E-state index in [9.17, 15) is 15.0 Å². The Hall–Kier alpha value is -1.37. The second kappa shape index (κ2) is 9.70. The molecule has 5 nitrogen and oxygen atoms in total. The van der Waals surface area contributed by atoms with Crippen molar-refractivity contribution in [2.24, 2.45) is 5.73 Å². The highest BCUT2D eigenvalue weighted by Crippen LogP contribution is 2.19. The fourth-order valence-corrected chi connectivity index (χ4v) is 2.48. The first kappa shape index (κ1) is 19.7. The van der Waals surface area contributed by atoms with Crippen LogP contribution in [-0.2, 0) is 4.79 Å². The van der Waals surface area contributed by atoms with E-state index < -0.39 is 17.6 Å². The summed E-state index contributed by atoms with van der Waals surface area (Å²) in [7, 11) is 7.30. The van der Waals surface area contributed by atoms with Gasteiger partial charge in [-0.2, -0.15) is 0 Å². The number of aliphatic hydroxyl groups is 1. The molecule has 126 valence electrons. The van der Waals surface area contributed by atoms with Crippen molar-refractivity contribution in [3.63, 3.8) is 0 Å². The molecule has 0 saturated carbocycles. The molecule has 4 N–H and O–H groups in total. The van der Waals surface area contributed by atoms with Gasteiger partial charge in [-0.3, -0.25) is 4.79 Å². The van der Waals surface area contributed by atoms with Gasteiger partial charge in [0.1, 0.15) is 5.54 Å². The second-order valence-corrected chi connectivity index (χ2v) is 6.15. The van der Waals surface area contributed by atoms with Crippen LogP contribution in [0.1, 0.15) is 37.4 Å². The average molecular weight is 318 g/mol. The smallest absolute Gasteiger partial charge is 0.323 e. The number of aliphatic carboxylic acids is 1. The predicted octanol–water partition coefficient (Wildman–Crippen LogP) is 1.58. The molecule has 2 radical (unpaired) electrons. The minimum Gasteiger partial charge on any atom is -0.480 e. The van der Waals surface area contributed by atoms with Crippen LogP contribution in [0.2, 0.25) is 6.32 Å². The molecule has 1 aromatic carbocycles. The Morgan fingerprint density at radius 3 is 2.52 bits per heavy atom. The molecule has 2 atom stereocenters. The van der Waals surface area contributed by atoms with Gasteiger partial charge in [0.25, 0.3) is 0 Å². The average Bonchev–Trinajstić information content (AvgIpc) is 2.54. The van der Waals surface area contributed by atoms with Crippen molar-refractivity contribution >= 4 is 13.8 Å². The summed E-state index contributed by atoms with van der Waals surface area (Å²) in [5.41, 5.74) is 5.65. The summed E-state index contributed by atoms with van der Waals surface area (Å²) in [5, 5.41) is 19.6. The molecule has 0 spiro atoms. The van der Waals surface area contributed by atoms with Crippen LogP contribution in [0.5, 0.6) is 0 Å². The molecule has 0 aromatic heterocycles. The lowest BCUT2D eigenvalue weighted by Crippen LogP contribution is -2.50. The van der Waals surface area contributed by atoms with Crippen LogP contribution in [0.15, 0.2) is 30.3 Å². The molecule has 1 rings (SSSR count). The van der Waals surface area contributed by atoms with E-state index in [4.69, 9.17) is 13.6 Å². The Balaban J connectivity index is 2.48. The third kappa shape index (κ3) is 6.73. The van der Waals surface area contributed by atoms with Crippen LogP contribution in [0.25, 0.3) is 0 Å². The number of likely N-dealkylation sites (N-methyl/N-ethyl adjacent to an activating group) is 1. The van der Waals surface area contributed by atoms with Crippen LogP contribution >= 0.6 is 0 Å². The van der Waals surface area contributed by atoms with Gasteiger partial charge in [-0.1, -0.05) is 49.5 Å². The molecule has 0 aliphatic rings. The van der Waals surface area contributed by atoms with Gasteiger partial charge in [0.2, 0.25) is 0 Å². The molecular weight excluding hydrogens is 291 g/mol. The van der Waals surface area contributed by atoms with Crippen molar-refractivity contribution in [1.82, 2.24) is 4.90 Å². The third-order valence-electron chi connectivity index (χ3n) is 4.11. The SMILES string of the molecule is [B]CCCCC(N)(CCN(C)CC(O)c1ccccc1)C(=O)O. The molecule has 1 aromatic rings. The maximum absolute atomic E-state index is 11.4. The van der Waals surface area contributed by atoms with Crippen LogP contribution in [0.3, 0.4) is 0 Å². The van der Waals surface area contributed by atoms with Crippen molar-refractivity contribution in [1.29, 1.82) is 0 Å². The summed E-state index contributed by atoms with van der Waals surface area (Å²) in [5.74, 6) is -0.980. The van der Waals surface area contributed by atoms with Gasteiger partial charge in [0, 0.05) is 13.1 Å². The molecule has 0 heterocycles. The molecule has 23 heavy (non-hydrogen) atoms. The number of hydrogen-bond acceptors (Lipinski definition) is 4. The van der Waals surface area contributed by atoms with E-state index in [1.54, 1.807) is 0 Å². The van der Waals surface area contributed by atoms with Gasteiger partial charge >= 0.3 is 5.97 Å². The molecule has 0 bridgehead atoms. The van der Waals surface area contributed by atoms with Gasteiger partial charge < -0.3 is 20.8 Å². The molecule has 0 saturated heterocycles. The van der Waals surface area contributed by atoms with Crippen LogP contribution in [0.4, 0.5) is 0 Å². The van der Waals surface area contributed by atoms with Gasteiger partial charge in [0.15, 0.2) is 0 Å². The van der Waals surface area contributed by atoms with E-state index >= 15 is 0 Å². The molecule has 0 fully saturated rings. The number of benzene rings is 1. The van der Waals surface area contributed by atoms with E-state index in [0.717, 1.165) is 12.0 Å². The molecule has 0 aliphatic heterocycles. The lowest BCUT2D eigenvalue weighted by atomic mass is 9.88. The summed E-state index contributed by atoms with van der Waals surface area (Å²) >= 11 is 0. The Kier molecular flexibility index (Phi) is 8.30. The fourth-order valence-electron chi connectivity index (χ4n) is 2.48. The summed E-state index contributed by atoms with van der Waals surface area (Å²) in [6.45, 7) is 0.942. The first-order valence-corrected chi connectivity index (χ1v) is 8.03. The van der Waals surface area contributed by atoms with E-state index in [-0.39, 0.29) is 0 Å². The zero-order valence-electron chi connectivity index (χ0n) is 13.8. The number of rotatable bonds is 11. The van der Waals surface area contributed by atoms with Crippen molar-refractivity contribution in [3.05, 3.63) is 35.9 Å². The molecule has 0 aliphatic carbocycles. The van der Waals surface area contributed by atoms with Gasteiger partial charge in [-0.15, -0.1) is 0 Å². The maximum atomic E-state index is 11.4. The van der Waals surface area contributed by atoms with Crippen LogP contribution < -0.4 is 5.73 Å². The maximum Gasteiger partial charge on any atom is 0.323 e. The zero-order valence-corrected chi connectivity index (χ0v) is 13.8. The number of nitrogens with zero attached hydrogens (tertiary/aromatic N) is 1. The normalized spacial score (nSPS) is 15.3. The summed E-state index contributed by atoms with van der Waals surface area (Å²) < 4.78 is 0. The summed E-state index contributed by atoms with van der Waals surface area (Å²) in [4.78, 5) is 13.4. The minimum absolute atomic E-state index is 0.338.